The van der Waals surface area contributed by atoms with E-state index < -0.39 is 16.0 Å². The highest BCUT2D eigenvalue weighted by molar-refractivity contribution is 7.92. The second kappa shape index (κ2) is 8.89. The van der Waals surface area contributed by atoms with E-state index in [1.807, 2.05) is 29.2 Å². The number of sulfonamides is 1. The number of benzene rings is 3. The van der Waals surface area contributed by atoms with Crippen LogP contribution >= 0.6 is 0 Å². The second-order valence-corrected chi connectivity index (χ2v) is 8.56. The lowest BCUT2D eigenvalue weighted by Gasteiger charge is -2.30. The van der Waals surface area contributed by atoms with Crippen LogP contribution in [0.4, 0.5) is 11.4 Å². The molecule has 2 N–H and O–H groups in total. The molecular formula is C23H22N2O4S. The molecule has 0 saturated carbocycles. The Kier molecular flexibility index (Phi) is 6.28. The van der Waals surface area contributed by atoms with Crippen LogP contribution in [0.3, 0.4) is 0 Å². The van der Waals surface area contributed by atoms with E-state index in [1.54, 1.807) is 37.3 Å². The Morgan fingerprint density at radius 3 is 2.33 bits per heavy atom. The van der Waals surface area contributed by atoms with Gasteiger partial charge in [-0.1, -0.05) is 48.4 Å². The Labute approximate surface area is 176 Å². The lowest BCUT2D eigenvalue weighted by Crippen LogP contribution is -2.35. The van der Waals surface area contributed by atoms with Gasteiger partial charge in [0.15, 0.2) is 0 Å². The van der Waals surface area contributed by atoms with Gasteiger partial charge < -0.3 is 10.0 Å². The lowest BCUT2D eigenvalue weighted by atomic mass is 10.0. The van der Waals surface area contributed by atoms with Crippen LogP contribution in [0.15, 0.2) is 71.6 Å². The highest BCUT2D eigenvalue weighted by Gasteiger charge is 2.21. The van der Waals surface area contributed by atoms with Gasteiger partial charge in [0, 0.05) is 22.5 Å². The van der Waals surface area contributed by atoms with Gasteiger partial charge in [-0.3, -0.25) is 9.52 Å². The first-order valence-corrected chi connectivity index (χ1v) is 10.8. The first-order chi connectivity index (χ1) is 14.3. The fourth-order valence-corrected chi connectivity index (χ4v) is 4.47. The van der Waals surface area contributed by atoms with Crippen molar-refractivity contribution in [3.05, 3.63) is 66.7 Å². The monoisotopic (exact) mass is 422 g/mol. The normalized spacial score (nSPS) is 12.1. The number of nitrogens with one attached hydrogen (secondary N) is 1. The number of carbonyl (C=O) groups is 1. The molecule has 3 aromatic rings. The average molecular weight is 423 g/mol. The number of rotatable bonds is 8. The predicted molar refractivity (Wildman–Crippen MR) is 119 cm³/mol. The summed E-state index contributed by atoms with van der Waals surface area (Å²) in [6, 6.07) is 18.6. The predicted octanol–water partition coefficient (Wildman–Crippen LogP) is 3.94. The number of nitrogens with zero attached hydrogens (tertiary/aromatic N) is 1. The number of fused-ring (bicyclic) bond motifs is 1. The Bertz CT molecular complexity index is 1200. The molecule has 0 amide bonds. The molecule has 0 aliphatic rings. The van der Waals surface area contributed by atoms with Gasteiger partial charge in [0.2, 0.25) is 0 Å². The Hall–Kier alpha value is -3.50. The molecular weight excluding hydrogens is 400 g/mol. The number of anilines is 2. The van der Waals surface area contributed by atoms with Crippen molar-refractivity contribution >= 4 is 38.1 Å². The first kappa shape index (κ1) is 21.2. The van der Waals surface area contributed by atoms with Crippen LogP contribution in [-0.2, 0) is 14.8 Å². The van der Waals surface area contributed by atoms with Crippen molar-refractivity contribution in [1.29, 1.82) is 0 Å². The third-order valence-corrected chi connectivity index (χ3v) is 6.15. The van der Waals surface area contributed by atoms with Crippen molar-refractivity contribution < 1.29 is 18.3 Å². The van der Waals surface area contributed by atoms with E-state index in [0.717, 1.165) is 11.1 Å². The zero-order chi connectivity index (χ0) is 21.7. The Morgan fingerprint density at radius 2 is 1.70 bits per heavy atom. The maximum absolute atomic E-state index is 12.8. The molecule has 0 spiro atoms. The summed E-state index contributed by atoms with van der Waals surface area (Å²) in [7, 11) is -3.75. The number of hydrogen-bond donors (Lipinski definition) is 2. The van der Waals surface area contributed by atoms with E-state index in [2.05, 4.69) is 10.6 Å². The summed E-state index contributed by atoms with van der Waals surface area (Å²) in [5.74, 6) is 1.67. The van der Waals surface area contributed by atoms with E-state index in [9.17, 15) is 18.3 Å². The van der Waals surface area contributed by atoms with Gasteiger partial charge in [0.25, 0.3) is 10.0 Å². The smallest absolute Gasteiger partial charge is 0.305 e. The standard InChI is InChI=1S/C23H22N2O4S/c1-3-15-25(17(2)16-23(26)27)22-14-13-21(19-11-7-8-12-20(19)22)24-30(28,29)18-9-5-4-6-10-18/h1,4-14,17,24H,15-16H2,2H3,(H,26,27)/t17-/m0/s1. The minimum absolute atomic E-state index is 0.0710. The van der Waals surface area contributed by atoms with Crippen molar-refractivity contribution in [3.8, 4) is 12.3 Å². The van der Waals surface area contributed by atoms with Crippen LogP contribution in [0.25, 0.3) is 10.8 Å². The van der Waals surface area contributed by atoms with E-state index >= 15 is 0 Å². The summed E-state index contributed by atoms with van der Waals surface area (Å²) >= 11 is 0. The molecule has 0 aromatic heterocycles. The molecule has 0 unspecified atom stereocenters. The highest BCUT2D eigenvalue weighted by Crippen LogP contribution is 2.34. The van der Waals surface area contributed by atoms with E-state index in [4.69, 9.17) is 6.42 Å². The van der Waals surface area contributed by atoms with E-state index in [-0.39, 0.29) is 23.9 Å². The molecule has 1 atom stereocenters. The first-order valence-electron chi connectivity index (χ1n) is 9.35. The zero-order valence-electron chi connectivity index (χ0n) is 16.4. The largest absolute Gasteiger partial charge is 0.481 e. The van der Waals surface area contributed by atoms with E-state index in [0.29, 0.717) is 11.1 Å². The van der Waals surface area contributed by atoms with Crippen LogP contribution in [0.5, 0.6) is 0 Å². The maximum Gasteiger partial charge on any atom is 0.305 e. The van der Waals surface area contributed by atoms with E-state index in [1.165, 1.54) is 12.1 Å². The molecule has 0 bridgehead atoms. The summed E-state index contributed by atoms with van der Waals surface area (Å²) in [4.78, 5) is 13.2. The summed E-state index contributed by atoms with van der Waals surface area (Å²) in [5.41, 5.74) is 1.18. The Morgan fingerprint density at radius 1 is 1.07 bits per heavy atom. The van der Waals surface area contributed by atoms with Gasteiger partial charge in [-0.2, -0.15) is 0 Å². The van der Waals surface area contributed by atoms with Crippen molar-refractivity contribution in [2.45, 2.75) is 24.3 Å². The van der Waals surface area contributed by atoms with Gasteiger partial charge in [-0.15, -0.1) is 6.42 Å². The molecule has 30 heavy (non-hydrogen) atoms. The average Bonchev–Trinajstić information content (AvgIpc) is 2.72. The van der Waals surface area contributed by atoms with Crippen molar-refractivity contribution in [2.75, 3.05) is 16.2 Å². The number of aliphatic carboxylic acids is 1. The highest BCUT2D eigenvalue weighted by atomic mass is 32.2. The van der Waals surface area contributed by atoms with Crippen molar-refractivity contribution in [3.63, 3.8) is 0 Å². The second-order valence-electron chi connectivity index (χ2n) is 6.88. The minimum Gasteiger partial charge on any atom is -0.481 e. The third-order valence-electron chi connectivity index (χ3n) is 4.77. The van der Waals surface area contributed by atoms with Gasteiger partial charge in [0.05, 0.1) is 23.5 Å². The van der Waals surface area contributed by atoms with Gasteiger partial charge >= 0.3 is 5.97 Å². The Balaban J connectivity index is 2.07. The number of hydrogen-bond acceptors (Lipinski definition) is 4. The third kappa shape index (κ3) is 4.56. The zero-order valence-corrected chi connectivity index (χ0v) is 17.3. The molecule has 6 nitrogen and oxygen atoms in total. The fraction of sp³-hybridized carbons (Fsp3) is 0.174. The summed E-state index contributed by atoms with van der Waals surface area (Å²) in [5, 5.41) is 10.7. The van der Waals surface area contributed by atoms with Crippen LogP contribution in [-0.4, -0.2) is 32.1 Å². The van der Waals surface area contributed by atoms with Crippen LogP contribution in [0.2, 0.25) is 0 Å². The quantitative estimate of drug-likeness (QED) is 0.537. The van der Waals surface area contributed by atoms with Gasteiger partial charge in [0.1, 0.15) is 0 Å². The fourth-order valence-electron chi connectivity index (χ4n) is 3.37. The molecule has 3 aromatic carbocycles. The van der Waals surface area contributed by atoms with Crippen LogP contribution in [0.1, 0.15) is 13.3 Å². The maximum atomic E-state index is 12.8. The topological polar surface area (TPSA) is 86.7 Å². The van der Waals surface area contributed by atoms with Crippen molar-refractivity contribution in [2.24, 2.45) is 0 Å². The van der Waals surface area contributed by atoms with Crippen molar-refractivity contribution in [1.82, 2.24) is 0 Å². The van der Waals surface area contributed by atoms with Gasteiger partial charge in [-0.25, -0.2) is 8.42 Å². The SMILES string of the molecule is C#CCN(c1ccc(NS(=O)(=O)c2ccccc2)c2ccccc12)[C@@H](C)CC(=O)O. The lowest BCUT2D eigenvalue weighted by molar-refractivity contribution is -0.137. The molecule has 0 heterocycles. The van der Waals surface area contributed by atoms with Gasteiger partial charge in [-0.05, 0) is 31.2 Å². The molecule has 0 fully saturated rings. The number of carboxylic acids is 1. The minimum atomic E-state index is -3.75. The summed E-state index contributed by atoms with van der Waals surface area (Å²) in [6.07, 6.45) is 5.46. The van der Waals surface area contributed by atoms with Crippen LogP contribution in [0, 0.1) is 12.3 Å². The molecule has 0 saturated heterocycles. The molecule has 0 aliphatic carbocycles. The molecule has 0 aliphatic heterocycles. The van der Waals surface area contributed by atoms with Crippen LogP contribution < -0.4 is 9.62 Å². The molecule has 154 valence electrons. The molecule has 0 radical (unpaired) electrons. The number of terminal acetylenes is 1. The molecule has 7 heteroatoms. The summed E-state index contributed by atoms with van der Waals surface area (Å²) < 4.78 is 28.2. The molecule has 3 rings (SSSR count). The number of carboxylic acid groups (broad SMARTS) is 1. The summed E-state index contributed by atoms with van der Waals surface area (Å²) in [6.45, 7) is 2.03.